The molecule has 0 aliphatic rings. The molecule has 1 aromatic heterocycles. The second-order valence-corrected chi connectivity index (χ2v) is 4.31. The first kappa shape index (κ1) is 12.2. The fraction of sp³-hybridized carbons (Fsp3) is 0.727. The van der Waals surface area contributed by atoms with Crippen LogP contribution in [0.25, 0.3) is 0 Å². The smallest absolute Gasteiger partial charge is 0.0880 e. The quantitative estimate of drug-likeness (QED) is 0.796. The molecule has 0 aliphatic heterocycles. The minimum absolute atomic E-state index is 0.461. The average Bonchev–Trinajstić information content (AvgIpc) is 2.60. The summed E-state index contributed by atoms with van der Waals surface area (Å²) in [7, 11) is 3.52. The van der Waals surface area contributed by atoms with Crippen LogP contribution in [0, 0.1) is 0 Å². The van der Waals surface area contributed by atoms with Crippen LogP contribution in [0.4, 0.5) is 0 Å². The standard InChI is InChI=1S/C11H20N2O2/c1-11(2,15-4)10(14)6-5-9-7-8-12-13(9)3/h7-8,10,14H,5-6H2,1-4H3. The number of aromatic nitrogens is 2. The van der Waals surface area contributed by atoms with Gasteiger partial charge in [0.2, 0.25) is 0 Å². The first-order valence-electron chi connectivity index (χ1n) is 5.17. The molecule has 1 aromatic rings. The van der Waals surface area contributed by atoms with Crippen LogP contribution in [0.3, 0.4) is 0 Å². The van der Waals surface area contributed by atoms with Gasteiger partial charge in [0.15, 0.2) is 0 Å². The van der Waals surface area contributed by atoms with Crippen LogP contribution in [0.1, 0.15) is 26.0 Å². The second-order valence-electron chi connectivity index (χ2n) is 4.31. The summed E-state index contributed by atoms with van der Waals surface area (Å²) in [4.78, 5) is 0. The summed E-state index contributed by atoms with van der Waals surface area (Å²) < 4.78 is 7.05. The van der Waals surface area contributed by atoms with Gasteiger partial charge < -0.3 is 9.84 Å². The molecule has 0 aliphatic carbocycles. The summed E-state index contributed by atoms with van der Waals surface area (Å²) in [6.07, 6.45) is 2.80. The van der Waals surface area contributed by atoms with Crippen molar-refractivity contribution in [3.8, 4) is 0 Å². The molecule has 0 bridgehead atoms. The zero-order valence-corrected chi connectivity index (χ0v) is 9.90. The van der Waals surface area contributed by atoms with Crippen molar-refractivity contribution in [2.45, 2.75) is 38.4 Å². The molecule has 1 unspecified atom stereocenters. The number of aryl methyl sites for hydroxylation is 2. The molecule has 1 rings (SSSR count). The summed E-state index contributed by atoms with van der Waals surface area (Å²) in [6, 6.07) is 1.96. The number of aliphatic hydroxyl groups excluding tert-OH is 1. The van der Waals surface area contributed by atoms with Gasteiger partial charge in [-0.2, -0.15) is 5.10 Å². The van der Waals surface area contributed by atoms with Gasteiger partial charge in [-0.1, -0.05) is 0 Å². The van der Waals surface area contributed by atoms with Crippen LogP contribution in [0.15, 0.2) is 12.3 Å². The van der Waals surface area contributed by atoms with E-state index >= 15 is 0 Å². The molecule has 1 heterocycles. The van der Waals surface area contributed by atoms with E-state index in [0.29, 0.717) is 6.42 Å². The van der Waals surface area contributed by atoms with Gasteiger partial charge in [-0.3, -0.25) is 4.68 Å². The lowest BCUT2D eigenvalue weighted by Crippen LogP contribution is -2.38. The molecule has 15 heavy (non-hydrogen) atoms. The Balaban J connectivity index is 2.48. The van der Waals surface area contributed by atoms with Crippen molar-refractivity contribution in [3.63, 3.8) is 0 Å². The predicted octanol–water partition coefficient (Wildman–Crippen LogP) is 1.14. The lowest BCUT2D eigenvalue weighted by atomic mass is 9.96. The Morgan fingerprint density at radius 3 is 2.73 bits per heavy atom. The SMILES string of the molecule is COC(C)(C)C(O)CCc1ccnn1C. The van der Waals surface area contributed by atoms with Crippen LogP contribution in [0.5, 0.6) is 0 Å². The molecule has 0 amide bonds. The third kappa shape index (κ3) is 3.04. The van der Waals surface area contributed by atoms with E-state index < -0.39 is 11.7 Å². The normalized spacial score (nSPS) is 14.2. The summed E-state index contributed by atoms with van der Waals surface area (Å²) >= 11 is 0. The van der Waals surface area contributed by atoms with Crippen molar-refractivity contribution >= 4 is 0 Å². The lowest BCUT2D eigenvalue weighted by molar-refractivity contribution is -0.0799. The molecule has 0 spiro atoms. The molecular weight excluding hydrogens is 192 g/mol. The highest BCUT2D eigenvalue weighted by Gasteiger charge is 2.26. The molecule has 86 valence electrons. The number of methoxy groups -OCH3 is 1. The summed E-state index contributed by atoms with van der Waals surface area (Å²) in [5.74, 6) is 0. The van der Waals surface area contributed by atoms with Gasteiger partial charge in [-0.15, -0.1) is 0 Å². The number of rotatable bonds is 5. The maximum absolute atomic E-state index is 9.91. The molecule has 1 atom stereocenters. The van der Waals surface area contributed by atoms with Crippen LogP contribution in [-0.4, -0.2) is 33.7 Å². The second kappa shape index (κ2) is 4.77. The van der Waals surface area contributed by atoms with Crippen molar-refractivity contribution in [1.82, 2.24) is 9.78 Å². The molecule has 0 aromatic carbocycles. The van der Waals surface area contributed by atoms with Gasteiger partial charge in [0.25, 0.3) is 0 Å². The van der Waals surface area contributed by atoms with Crippen molar-refractivity contribution < 1.29 is 9.84 Å². The Labute approximate surface area is 90.9 Å². The van der Waals surface area contributed by atoms with Crippen LogP contribution < -0.4 is 0 Å². The first-order chi connectivity index (χ1) is 6.97. The molecule has 0 fully saturated rings. The largest absolute Gasteiger partial charge is 0.390 e. The van der Waals surface area contributed by atoms with Crippen LogP contribution >= 0.6 is 0 Å². The molecule has 0 radical (unpaired) electrons. The predicted molar refractivity (Wildman–Crippen MR) is 58.6 cm³/mol. The molecule has 0 saturated heterocycles. The Bertz CT molecular complexity index is 307. The van der Waals surface area contributed by atoms with Crippen LogP contribution in [0.2, 0.25) is 0 Å². The molecule has 4 nitrogen and oxygen atoms in total. The zero-order valence-electron chi connectivity index (χ0n) is 9.90. The molecule has 1 N–H and O–H groups in total. The highest BCUT2D eigenvalue weighted by Crippen LogP contribution is 2.18. The molecule has 4 heteroatoms. The summed E-state index contributed by atoms with van der Waals surface area (Å²) in [6.45, 7) is 3.78. The maximum Gasteiger partial charge on any atom is 0.0880 e. The van der Waals surface area contributed by atoms with E-state index in [1.54, 1.807) is 13.3 Å². The number of aliphatic hydroxyl groups is 1. The lowest BCUT2D eigenvalue weighted by Gasteiger charge is -2.28. The van der Waals surface area contributed by atoms with E-state index in [-0.39, 0.29) is 0 Å². The third-order valence-electron chi connectivity index (χ3n) is 2.92. The third-order valence-corrected chi connectivity index (χ3v) is 2.92. The number of nitrogens with zero attached hydrogens (tertiary/aromatic N) is 2. The fourth-order valence-electron chi connectivity index (χ4n) is 1.41. The number of hydrogen-bond acceptors (Lipinski definition) is 3. The van der Waals surface area contributed by atoms with Crippen molar-refractivity contribution in [1.29, 1.82) is 0 Å². The van der Waals surface area contributed by atoms with E-state index in [9.17, 15) is 5.11 Å². The van der Waals surface area contributed by atoms with Crippen molar-refractivity contribution in [3.05, 3.63) is 18.0 Å². The van der Waals surface area contributed by atoms with Gasteiger partial charge >= 0.3 is 0 Å². The Morgan fingerprint density at radius 1 is 1.60 bits per heavy atom. The van der Waals surface area contributed by atoms with E-state index in [1.807, 2.05) is 31.6 Å². The van der Waals surface area contributed by atoms with Crippen molar-refractivity contribution in [2.24, 2.45) is 7.05 Å². The van der Waals surface area contributed by atoms with Gasteiger partial charge in [-0.05, 0) is 32.8 Å². The minimum atomic E-state index is -0.488. The Hall–Kier alpha value is -0.870. The number of ether oxygens (including phenoxy) is 1. The van der Waals surface area contributed by atoms with Gasteiger partial charge in [0.05, 0.1) is 11.7 Å². The topological polar surface area (TPSA) is 47.3 Å². The zero-order chi connectivity index (χ0) is 11.5. The van der Waals surface area contributed by atoms with E-state index in [1.165, 1.54) is 0 Å². The van der Waals surface area contributed by atoms with Crippen LogP contribution in [-0.2, 0) is 18.2 Å². The molecular formula is C11H20N2O2. The minimum Gasteiger partial charge on any atom is -0.390 e. The monoisotopic (exact) mass is 212 g/mol. The van der Waals surface area contributed by atoms with Gasteiger partial charge in [-0.25, -0.2) is 0 Å². The van der Waals surface area contributed by atoms with Gasteiger partial charge in [0.1, 0.15) is 0 Å². The van der Waals surface area contributed by atoms with E-state index in [2.05, 4.69) is 5.10 Å². The molecule has 0 saturated carbocycles. The van der Waals surface area contributed by atoms with Crippen molar-refractivity contribution in [2.75, 3.05) is 7.11 Å². The van der Waals surface area contributed by atoms with E-state index in [0.717, 1.165) is 12.1 Å². The first-order valence-corrected chi connectivity index (χ1v) is 5.17. The average molecular weight is 212 g/mol. The Morgan fingerprint density at radius 2 is 2.27 bits per heavy atom. The maximum atomic E-state index is 9.91. The summed E-state index contributed by atoms with van der Waals surface area (Å²) in [5.41, 5.74) is 0.638. The van der Waals surface area contributed by atoms with E-state index in [4.69, 9.17) is 4.74 Å². The highest BCUT2D eigenvalue weighted by atomic mass is 16.5. The fourth-order valence-corrected chi connectivity index (χ4v) is 1.41. The van der Waals surface area contributed by atoms with Gasteiger partial charge in [0, 0.05) is 26.0 Å². The number of hydrogen-bond donors (Lipinski definition) is 1. The Kier molecular flexibility index (Phi) is 3.88. The summed E-state index contributed by atoms with van der Waals surface area (Å²) in [5, 5.41) is 14.0. The highest BCUT2D eigenvalue weighted by molar-refractivity contribution is 5.00.